The number of hydrogen-bond donors (Lipinski definition) is 1. The van der Waals surface area contributed by atoms with Crippen LogP contribution in [0.25, 0.3) is 0 Å². The largest absolute Gasteiger partial charge is 0.345 e. The molecule has 1 fully saturated rings. The Hall–Kier alpha value is -1.52. The number of aromatic nitrogens is 2. The Kier molecular flexibility index (Phi) is 2.38. The summed E-state index contributed by atoms with van der Waals surface area (Å²) < 4.78 is 1.66. The molecule has 1 aromatic heterocycles. The Labute approximate surface area is 87.7 Å². The van der Waals surface area contributed by atoms with Crippen molar-refractivity contribution in [1.82, 2.24) is 14.7 Å². The van der Waals surface area contributed by atoms with Crippen LogP contribution in [0.5, 0.6) is 0 Å². The third-order valence-corrected chi connectivity index (χ3v) is 2.94. The minimum atomic E-state index is -0.0368. The molecule has 0 saturated carbocycles. The van der Waals surface area contributed by atoms with E-state index in [0.717, 1.165) is 12.0 Å². The fraction of sp³-hybridized carbons (Fsp3) is 0.600. The standard InChI is InChI=1S/C10H15N3O2/c1-12-5-7(3-4-9(12)14)8-6-13(2)11-10(8)15/h6-7H,3-5H2,1-2H3,(H,11,15). The van der Waals surface area contributed by atoms with Gasteiger partial charge in [-0.3, -0.25) is 19.4 Å². The quantitative estimate of drug-likeness (QED) is 0.710. The molecule has 0 radical (unpaired) electrons. The first-order chi connectivity index (χ1) is 7.08. The van der Waals surface area contributed by atoms with E-state index < -0.39 is 0 Å². The summed E-state index contributed by atoms with van der Waals surface area (Å²) in [6.45, 7) is 0.645. The van der Waals surface area contributed by atoms with Crippen LogP contribution >= 0.6 is 0 Å². The van der Waals surface area contributed by atoms with Gasteiger partial charge in [-0.15, -0.1) is 0 Å². The summed E-state index contributed by atoms with van der Waals surface area (Å²) >= 11 is 0. The smallest absolute Gasteiger partial charge is 0.267 e. The molecule has 0 aliphatic carbocycles. The average molecular weight is 209 g/mol. The lowest BCUT2D eigenvalue weighted by molar-refractivity contribution is -0.132. The van der Waals surface area contributed by atoms with Crippen molar-refractivity contribution < 1.29 is 4.79 Å². The van der Waals surface area contributed by atoms with Gasteiger partial charge in [0.25, 0.3) is 5.56 Å². The van der Waals surface area contributed by atoms with Gasteiger partial charge in [-0.05, 0) is 6.42 Å². The van der Waals surface area contributed by atoms with Crippen molar-refractivity contribution in [3.8, 4) is 0 Å². The van der Waals surface area contributed by atoms with Gasteiger partial charge < -0.3 is 4.90 Å². The van der Waals surface area contributed by atoms with Gasteiger partial charge in [0.05, 0.1) is 0 Å². The molecule has 0 aromatic carbocycles. The molecule has 0 spiro atoms. The van der Waals surface area contributed by atoms with E-state index >= 15 is 0 Å². The molecular formula is C10H15N3O2. The average Bonchev–Trinajstić information content (AvgIpc) is 2.50. The Morgan fingerprint density at radius 3 is 2.67 bits per heavy atom. The molecule has 1 aliphatic rings. The molecular weight excluding hydrogens is 194 g/mol. The molecule has 1 saturated heterocycles. The van der Waals surface area contributed by atoms with Crippen molar-refractivity contribution in [3.63, 3.8) is 0 Å². The summed E-state index contributed by atoms with van der Waals surface area (Å²) in [5.41, 5.74) is 0.752. The zero-order chi connectivity index (χ0) is 11.0. The van der Waals surface area contributed by atoms with Crippen LogP contribution in [0.1, 0.15) is 24.3 Å². The van der Waals surface area contributed by atoms with Crippen LogP contribution in [-0.2, 0) is 11.8 Å². The Morgan fingerprint density at radius 1 is 1.40 bits per heavy atom. The second-order valence-electron chi connectivity index (χ2n) is 4.15. The number of nitrogens with one attached hydrogen (secondary N) is 1. The highest BCUT2D eigenvalue weighted by molar-refractivity contribution is 5.76. The highest BCUT2D eigenvalue weighted by Gasteiger charge is 2.26. The summed E-state index contributed by atoms with van der Waals surface area (Å²) in [6.07, 6.45) is 3.13. The third-order valence-electron chi connectivity index (χ3n) is 2.94. The summed E-state index contributed by atoms with van der Waals surface area (Å²) in [6, 6.07) is 0. The van der Waals surface area contributed by atoms with E-state index in [0.29, 0.717) is 13.0 Å². The number of carbonyl (C=O) groups excluding carboxylic acids is 1. The van der Waals surface area contributed by atoms with Crippen molar-refractivity contribution in [3.05, 3.63) is 22.1 Å². The summed E-state index contributed by atoms with van der Waals surface area (Å²) in [7, 11) is 3.58. The van der Waals surface area contributed by atoms with E-state index in [1.165, 1.54) is 0 Å². The maximum Gasteiger partial charge on any atom is 0.267 e. The van der Waals surface area contributed by atoms with Crippen LogP contribution in [0.15, 0.2) is 11.0 Å². The third kappa shape index (κ3) is 1.82. The Morgan fingerprint density at radius 2 is 2.13 bits per heavy atom. The summed E-state index contributed by atoms with van der Waals surface area (Å²) in [5.74, 6) is 0.344. The molecule has 0 bridgehead atoms. The first-order valence-electron chi connectivity index (χ1n) is 5.07. The number of aromatic amines is 1. The number of carbonyl (C=O) groups is 1. The number of rotatable bonds is 1. The van der Waals surface area contributed by atoms with Gasteiger partial charge in [0.1, 0.15) is 0 Å². The van der Waals surface area contributed by atoms with Crippen molar-refractivity contribution in [2.24, 2.45) is 7.05 Å². The van der Waals surface area contributed by atoms with Crippen LogP contribution in [0.2, 0.25) is 0 Å². The number of piperidine rings is 1. The molecule has 5 nitrogen and oxygen atoms in total. The van der Waals surface area contributed by atoms with E-state index in [1.807, 2.05) is 6.20 Å². The van der Waals surface area contributed by atoms with Crippen molar-refractivity contribution in [2.75, 3.05) is 13.6 Å². The number of likely N-dealkylation sites (N-methyl/N-ethyl adjacent to an activating group) is 1. The lowest BCUT2D eigenvalue weighted by atomic mass is 9.92. The van der Waals surface area contributed by atoms with Gasteiger partial charge in [0.15, 0.2) is 0 Å². The fourth-order valence-electron chi connectivity index (χ4n) is 2.08. The van der Waals surface area contributed by atoms with Crippen molar-refractivity contribution in [1.29, 1.82) is 0 Å². The summed E-state index contributed by atoms with van der Waals surface area (Å²) in [5, 5.41) is 2.69. The van der Waals surface area contributed by atoms with Crippen LogP contribution in [0, 0.1) is 0 Å². The number of H-pyrrole nitrogens is 1. The lowest BCUT2D eigenvalue weighted by Crippen LogP contribution is -2.36. The number of nitrogens with zero attached hydrogens (tertiary/aromatic N) is 2. The first kappa shape index (κ1) is 10.0. The maximum absolute atomic E-state index is 11.5. The number of hydrogen-bond acceptors (Lipinski definition) is 2. The normalized spacial score (nSPS) is 22.1. The highest BCUT2D eigenvalue weighted by Crippen LogP contribution is 2.24. The Bertz CT molecular complexity index is 432. The molecule has 1 aliphatic heterocycles. The SMILES string of the molecule is CN1CC(c2cn(C)[nH]c2=O)CCC1=O. The van der Waals surface area contributed by atoms with Crippen molar-refractivity contribution >= 4 is 5.91 Å². The van der Waals surface area contributed by atoms with Gasteiger partial charge in [0.2, 0.25) is 5.91 Å². The first-order valence-corrected chi connectivity index (χ1v) is 5.07. The van der Waals surface area contributed by atoms with Gasteiger partial charge >= 0.3 is 0 Å². The van der Waals surface area contributed by atoms with Crippen LogP contribution in [0.4, 0.5) is 0 Å². The van der Waals surface area contributed by atoms with Crippen LogP contribution in [-0.4, -0.2) is 34.2 Å². The molecule has 1 aromatic rings. The molecule has 15 heavy (non-hydrogen) atoms. The second-order valence-corrected chi connectivity index (χ2v) is 4.15. The minimum absolute atomic E-state index is 0.0368. The molecule has 1 amide bonds. The zero-order valence-electron chi connectivity index (χ0n) is 8.99. The highest BCUT2D eigenvalue weighted by atomic mass is 16.2. The van der Waals surface area contributed by atoms with Gasteiger partial charge in [-0.2, -0.15) is 0 Å². The molecule has 5 heteroatoms. The van der Waals surface area contributed by atoms with Gasteiger partial charge in [-0.25, -0.2) is 0 Å². The predicted molar refractivity (Wildman–Crippen MR) is 55.6 cm³/mol. The molecule has 1 atom stereocenters. The monoisotopic (exact) mass is 209 g/mol. The van der Waals surface area contributed by atoms with E-state index in [4.69, 9.17) is 0 Å². The van der Waals surface area contributed by atoms with Gasteiger partial charge in [0, 0.05) is 44.7 Å². The van der Waals surface area contributed by atoms with Crippen LogP contribution in [0.3, 0.4) is 0 Å². The van der Waals surface area contributed by atoms with E-state index in [1.54, 1.807) is 23.7 Å². The number of likely N-dealkylation sites (tertiary alicyclic amines) is 1. The molecule has 2 heterocycles. The van der Waals surface area contributed by atoms with E-state index in [2.05, 4.69) is 5.10 Å². The summed E-state index contributed by atoms with van der Waals surface area (Å²) in [4.78, 5) is 24.5. The minimum Gasteiger partial charge on any atom is -0.345 e. The molecule has 82 valence electrons. The lowest BCUT2D eigenvalue weighted by Gasteiger charge is -2.28. The number of aryl methyl sites for hydroxylation is 1. The second kappa shape index (κ2) is 3.56. The molecule has 1 unspecified atom stereocenters. The maximum atomic E-state index is 11.5. The molecule has 1 N–H and O–H groups in total. The fourth-order valence-corrected chi connectivity index (χ4v) is 2.08. The zero-order valence-corrected chi connectivity index (χ0v) is 8.99. The number of amides is 1. The van der Waals surface area contributed by atoms with Crippen LogP contribution < -0.4 is 5.56 Å². The van der Waals surface area contributed by atoms with Crippen molar-refractivity contribution in [2.45, 2.75) is 18.8 Å². The van der Waals surface area contributed by atoms with Gasteiger partial charge in [-0.1, -0.05) is 0 Å². The molecule has 2 rings (SSSR count). The topological polar surface area (TPSA) is 58.1 Å². The van der Waals surface area contributed by atoms with E-state index in [-0.39, 0.29) is 17.4 Å². The Balaban J connectivity index is 2.22. The van der Waals surface area contributed by atoms with E-state index in [9.17, 15) is 9.59 Å². The predicted octanol–water partition coefficient (Wildman–Crippen LogP) is 0.0492.